The summed E-state index contributed by atoms with van der Waals surface area (Å²) < 4.78 is 1.79. The van der Waals surface area contributed by atoms with E-state index >= 15 is 0 Å². The van der Waals surface area contributed by atoms with E-state index in [4.69, 9.17) is 0 Å². The van der Waals surface area contributed by atoms with E-state index in [0.29, 0.717) is 5.56 Å². The van der Waals surface area contributed by atoms with Gasteiger partial charge in [0.25, 0.3) is 0 Å². The predicted octanol–water partition coefficient (Wildman–Crippen LogP) is 1.69. The average molecular weight is 174 g/mol. The van der Waals surface area contributed by atoms with Gasteiger partial charge in [0.1, 0.15) is 6.29 Å². The molecule has 0 saturated carbocycles. The molecule has 0 unspecified atom stereocenters. The highest BCUT2D eigenvalue weighted by molar-refractivity contribution is 5.88. The Labute approximate surface area is 76.0 Å². The lowest BCUT2D eigenvalue weighted by atomic mass is 10.1. The van der Waals surface area contributed by atoms with Gasteiger partial charge in [-0.1, -0.05) is 12.1 Å². The van der Waals surface area contributed by atoms with E-state index in [1.807, 2.05) is 32.2 Å². The predicted molar refractivity (Wildman–Crippen MR) is 50.8 cm³/mol. The first kappa shape index (κ1) is 7.98. The van der Waals surface area contributed by atoms with Crippen molar-refractivity contribution in [3.63, 3.8) is 0 Å². The molecule has 0 bridgehead atoms. The molecule has 1 heterocycles. The van der Waals surface area contributed by atoms with Crippen LogP contribution in [0.4, 0.5) is 0 Å². The minimum atomic E-state index is 0.690. The first-order valence-electron chi connectivity index (χ1n) is 4.11. The van der Waals surface area contributed by atoms with Crippen molar-refractivity contribution < 1.29 is 4.79 Å². The summed E-state index contributed by atoms with van der Waals surface area (Å²) in [6, 6.07) is 5.59. The summed E-state index contributed by atoms with van der Waals surface area (Å²) in [5, 5.41) is 5.37. The van der Waals surface area contributed by atoms with Crippen molar-refractivity contribution in [3.05, 3.63) is 29.5 Å². The molecule has 3 nitrogen and oxygen atoms in total. The maximum Gasteiger partial charge on any atom is 0.150 e. The Kier molecular flexibility index (Phi) is 1.65. The monoisotopic (exact) mass is 174 g/mol. The molecule has 3 heteroatoms. The molecule has 0 atom stereocenters. The molecule has 0 saturated heterocycles. The van der Waals surface area contributed by atoms with Gasteiger partial charge in [0.15, 0.2) is 0 Å². The lowest BCUT2D eigenvalue weighted by Crippen LogP contribution is -1.90. The molecule has 0 N–H and O–H groups in total. The van der Waals surface area contributed by atoms with Crippen LogP contribution in [-0.2, 0) is 7.05 Å². The zero-order valence-corrected chi connectivity index (χ0v) is 7.61. The summed E-state index contributed by atoms with van der Waals surface area (Å²) in [6.07, 6.45) is 0.849. The Balaban J connectivity index is 2.83. The second kappa shape index (κ2) is 2.69. The van der Waals surface area contributed by atoms with Crippen LogP contribution in [-0.4, -0.2) is 16.1 Å². The standard InChI is InChI=1S/C10H10N2O/c1-7-9-4-3-8(6-13)5-10(9)12(2)11-7/h3-6H,1-2H3. The summed E-state index contributed by atoms with van der Waals surface area (Å²) in [7, 11) is 1.88. The molecular weight excluding hydrogens is 164 g/mol. The van der Waals surface area contributed by atoms with Gasteiger partial charge in [-0.05, 0) is 13.0 Å². The van der Waals surface area contributed by atoms with Crippen LogP contribution in [0.3, 0.4) is 0 Å². The third kappa shape index (κ3) is 1.13. The van der Waals surface area contributed by atoms with Gasteiger partial charge in [0, 0.05) is 18.0 Å². The Morgan fingerprint density at radius 3 is 2.92 bits per heavy atom. The summed E-state index contributed by atoms with van der Waals surface area (Å²) in [6.45, 7) is 1.96. The fourth-order valence-corrected chi connectivity index (χ4v) is 1.53. The summed E-state index contributed by atoms with van der Waals surface area (Å²) in [5.74, 6) is 0. The topological polar surface area (TPSA) is 34.9 Å². The summed E-state index contributed by atoms with van der Waals surface area (Å²) in [4.78, 5) is 10.5. The first-order valence-corrected chi connectivity index (χ1v) is 4.11. The zero-order valence-electron chi connectivity index (χ0n) is 7.61. The van der Waals surface area contributed by atoms with Crippen LogP contribution in [0.1, 0.15) is 16.1 Å². The van der Waals surface area contributed by atoms with E-state index in [2.05, 4.69) is 5.10 Å². The molecule has 2 aromatic rings. The van der Waals surface area contributed by atoms with Crippen LogP contribution in [0.5, 0.6) is 0 Å². The van der Waals surface area contributed by atoms with Gasteiger partial charge in [-0.2, -0.15) is 5.10 Å². The number of aldehydes is 1. The van der Waals surface area contributed by atoms with Crippen LogP contribution in [0.2, 0.25) is 0 Å². The third-order valence-electron chi connectivity index (χ3n) is 2.20. The third-order valence-corrected chi connectivity index (χ3v) is 2.20. The van der Waals surface area contributed by atoms with Crippen LogP contribution < -0.4 is 0 Å². The van der Waals surface area contributed by atoms with Crippen molar-refractivity contribution in [2.45, 2.75) is 6.92 Å². The molecule has 1 aromatic carbocycles. The molecule has 1 aromatic heterocycles. The van der Waals surface area contributed by atoms with Crippen molar-refractivity contribution in [1.29, 1.82) is 0 Å². The number of aryl methyl sites for hydroxylation is 2. The summed E-state index contributed by atoms with van der Waals surface area (Å²) >= 11 is 0. The number of benzene rings is 1. The first-order chi connectivity index (χ1) is 6.22. The molecule has 0 aliphatic carbocycles. The number of carbonyl (C=O) groups excluding carboxylic acids is 1. The number of carbonyl (C=O) groups is 1. The molecule has 0 amide bonds. The van der Waals surface area contributed by atoms with E-state index in [1.54, 1.807) is 4.68 Å². The Hall–Kier alpha value is -1.64. The van der Waals surface area contributed by atoms with Gasteiger partial charge in [0.05, 0.1) is 11.2 Å². The van der Waals surface area contributed by atoms with E-state index in [-0.39, 0.29) is 0 Å². The fourth-order valence-electron chi connectivity index (χ4n) is 1.53. The van der Waals surface area contributed by atoms with Crippen molar-refractivity contribution in [3.8, 4) is 0 Å². The molecule has 0 radical (unpaired) electrons. The average Bonchev–Trinajstić information content (AvgIpc) is 2.42. The minimum absolute atomic E-state index is 0.690. The van der Waals surface area contributed by atoms with Gasteiger partial charge in [-0.15, -0.1) is 0 Å². The lowest BCUT2D eigenvalue weighted by Gasteiger charge is -1.94. The normalized spacial score (nSPS) is 10.6. The second-order valence-corrected chi connectivity index (χ2v) is 3.10. The SMILES string of the molecule is Cc1nn(C)c2cc(C=O)ccc12. The van der Waals surface area contributed by atoms with E-state index < -0.39 is 0 Å². The second-order valence-electron chi connectivity index (χ2n) is 3.10. The van der Waals surface area contributed by atoms with E-state index in [1.165, 1.54) is 0 Å². The number of hydrogen-bond donors (Lipinski definition) is 0. The smallest absolute Gasteiger partial charge is 0.150 e. The van der Waals surface area contributed by atoms with Crippen molar-refractivity contribution >= 4 is 17.2 Å². The largest absolute Gasteiger partial charge is 0.298 e. The Morgan fingerprint density at radius 2 is 2.23 bits per heavy atom. The number of rotatable bonds is 1. The molecule has 0 spiro atoms. The Bertz CT molecular complexity index is 471. The van der Waals surface area contributed by atoms with Gasteiger partial charge in [-0.3, -0.25) is 9.48 Å². The molecule has 0 aliphatic rings. The van der Waals surface area contributed by atoms with Gasteiger partial charge in [-0.25, -0.2) is 0 Å². The van der Waals surface area contributed by atoms with Gasteiger partial charge < -0.3 is 0 Å². The molecular formula is C10H10N2O. The van der Waals surface area contributed by atoms with Crippen molar-refractivity contribution in [2.75, 3.05) is 0 Å². The van der Waals surface area contributed by atoms with Gasteiger partial charge >= 0.3 is 0 Å². The molecule has 0 fully saturated rings. The van der Waals surface area contributed by atoms with E-state index in [9.17, 15) is 4.79 Å². The highest BCUT2D eigenvalue weighted by Gasteiger charge is 2.04. The molecule has 0 aliphatic heterocycles. The maximum absolute atomic E-state index is 10.5. The number of nitrogens with zero attached hydrogens (tertiary/aromatic N) is 2. The van der Waals surface area contributed by atoms with Crippen LogP contribution in [0.25, 0.3) is 10.9 Å². The highest BCUT2D eigenvalue weighted by Crippen LogP contribution is 2.17. The quantitative estimate of drug-likeness (QED) is 0.617. The van der Waals surface area contributed by atoms with Crippen LogP contribution in [0, 0.1) is 6.92 Å². The van der Waals surface area contributed by atoms with E-state index in [0.717, 1.165) is 22.9 Å². The Morgan fingerprint density at radius 1 is 1.46 bits per heavy atom. The van der Waals surface area contributed by atoms with Gasteiger partial charge in [0.2, 0.25) is 0 Å². The minimum Gasteiger partial charge on any atom is -0.298 e. The highest BCUT2D eigenvalue weighted by atomic mass is 16.1. The van der Waals surface area contributed by atoms with Crippen molar-refractivity contribution in [2.24, 2.45) is 7.05 Å². The maximum atomic E-state index is 10.5. The lowest BCUT2D eigenvalue weighted by molar-refractivity contribution is 0.112. The van der Waals surface area contributed by atoms with Crippen LogP contribution >= 0.6 is 0 Å². The van der Waals surface area contributed by atoms with Crippen molar-refractivity contribution in [1.82, 2.24) is 9.78 Å². The van der Waals surface area contributed by atoms with Crippen LogP contribution in [0.15, 0.2) is 18.2 Å². The number of aromatic nitrogens is 2. The zero-order chi connectivity index (χ0) is 9.42. The molecule has 13 heavy (non-hydrogen) atoms. The summed E-state index contributed by atoms with van der Waals surface area (Å²) in [5.41, 5.74) is 2.69. The number of hydrogen-bond acceptors (Lipinski definition) is 2. The molecule has 2 rings (SSSR count). The fraction of sp³-hybridized carbons (Fsp3) is 0.200. The number of fused-ring (bicyclic) bond motifs is 1. The molecule has 66 valence electrons.